The average molecular weight is 327 g/mol. The summed E-state index contributed by atoms with van der Waals surface area (Å²) in [7, 11) is 0. The van der Waals surface area contributed by atoms with Gasteiger partial charge in [0.05, 0.1) is 5.69 Å². The molecule has 0 bridgehead atoms. The minimum absolute atomic E-state index is 0.135. The van der Waals surface area contributed by atoms with E-state index in [1.807, 2.05) is 39.0 Å². The zero-order valence-electron chi connectivity index (χ0n) is 11.4. The lowest BCUT2D eigenvalue weighted by atomic mass is 10.2. The lowest BCUT2D eigenvalue weighted by Gasteiger charge is -2.24. The van der Waals surface area contributed by atoms with Gasteiger partial charge in [0.1, 0.15) is 0 Å². The Labute approximate surface area is 122 Å². The molecular weight excluding hydrogens is 308 g/mol. The number of hydrogen-bond acceptors (Lipinski definition) is 2. The second-order valence-electron chi connectivity index (χ2n) is 3.94. The Hall–Kier alpha value is -1.56. The topological polar surface area (TPSA) is 70.7 Å². The van der Waals surface area contributed by atoms with Crippen molar-refractivity contribution in [1.82, 2.24) is 5.32 Å². The molecule has 0 heterocycles. The van der Waals surface area contributed by atoms with Gasteiger partial charge in [0.15, 0.2) is 5.96 Å². The zero-order chi connectivity index (χ0) is 14.4. The van der Waals surface area contributed by atoms with E-state index in [1.165, 1.54) is 0 Å². The van der Waals surface area contributed by atoms with E-state index in [0.29, 0.717) is 13.1 Å². The number of hydrogen-bond donors (Lipinski definition) is 2. The maximum atomic E-state index is 12.2. The molecule has 0 unspecified atom stereocenters. The van der Waals surface area contributed by atoms with Gasteiger partial charge in [-0.25, -0.2) is 4.79 Å². The fraction of sp³-hybridized carbons (Fsp3) is 0.385. The number of benzene rings is 1. The third kappa shape index (κ3) is 3.96. The molecule has 6 heteroatoms. The van der Waals surface area contributed by atoms with Gasteiger partial charge in [-0.3, -0.25) is 15.2 Å². The number of nitrogens with two attached hydrogens (primary N) is 1. The molecule has 0 aliphatic rings. The average Bonchev–Trinajstić information content (AvgIpc) is 2.34. The molecule has 0 spiro atoms. The number of carbonyl (C=O) groups excluding carboxylic acids is 1. The Balaban J connectivity index is 3.01. The summed E-state index contributed by atoms with van der Waals surface area (Å²) >= 11 is 3.47. The van der Waals surface area contributed by atoms with Crippen molar-refractivity contribution >= 4 is 33.6 Å². The second kappa shape index (κ2) is 7.13. The highest BCUT2D eigenvalue weighted by molar-refractivity contribution is 9.10. The number of aryl methyl sites for hydroxylation is 1. The van der Waals surface area contributed by atoms with Crippen molar-refractivity contribution in [3.8, 4) is 0 Å². The SMILES string of the molecule is CCN=C(N)NC(=O)N(CC)c1c(C)cccc1Br. The Kier molecular flexibility index (Phi) is 5.82. The molecule has 5 nitrogen and oxygen atoms in total. The van der Waals surface area contributed by atoms with Gasteiger partial charge in [-0.05, 0) is 48.3 Å². The first kappa shape index (κ1) is 15.5. The van der Waals surface area contributed by atoms with E-state index in [0.717, 1.165) is 15.7 Å². The van der Waals surface area contributed by atoms with Gasteiger partial charge in [0.2, 0.25) is 0 Å². The molecule has 0 saturated carbocycles. The van der Waals surface area contributed by atoms with Gasteiger partial charge in [0.25, 0.3) is 0 Å². The number of halogens is 1. The van der Waals surface area contributed by atoms with Crippen LogP contribution in [0.1, 0.15) is 19.4 Å². The van der Waals surface area contributed by atoms with Crippen LogP contribution in [-0.2, 0) is 0 Å². The van der Waals surface area contributed by atoms with Crippen molar-refractivity contribution in [2.45, 2.75) is 20.8 Å². The van der Waals surface area contributed by atoms with Crippen LogP contribution in [-0.4, -0.2) is 25.1 Å². The monoisotopic (exact) mass is 326 g/mol. The van der Waals surface area contributed by atoms with Crippen molar-refractivity contribution in [3.05, 3.63) is 28.2 Å². The highest BCUT2D eigenvalue weighted by atomic mass is 79.9. The predicted molar refractivity (Wildman–Crippen MR) is 82.6 cm³/mol. The summed E-state index contributed by atoms with van der Waals surface area (Å²) in [6.07, 6.45) is 0. The van der Waals surface area contributed by atoms with Crippen LogP contribution >= 0.6 is 15.9 Å². The predicted octanol–water partition coefficient (Wildman–Crippen LogP) is 2.63. The number of aliphatic imine (C=N–C) groups is 1. The first-order valence-electron chi connectivity index (χ1n) is 6.14. The number of guanidine groups is 1. The van der Waals surface area contributed by atoms with Crippen LogP contribution in [0, 0.1) is 6.92 Å². The summed E-state index contributed by atoms with van der Waals surface area (Å²) in [5.41, 5.74) is 7.46. The van der Waals surface area contributed by atoms with Gasteiger partial charge in [0, 0.05) is 17.6 Å². The largest absolute Gasteiger partial charge is 0.370 e. The number of urea groups is 1. The molecule has 0 atom stereocenters. The van der Waals surface area contributed by atoms with E-state index in [2.05, 4.69) is 26.2 Å². The molecule has 19 heavy (non-hydrogen) atoms. The fourth-order valence-corrected chi connectivity index (χ4v) is 2.43. The number of amides is 2. The van der Waals surface area contributed by atoms with Crippen molar-refractivity contribution in [2.24, 2.45) is 10.7 Å². The Morgan fingerprint density at radius 3 is 2.68 bits per heavy atom. The molecule has 0 fully saturated rings. The van der Waals surface area contributed by atoms with Crippen LogP contribution in [0.4, 0.5) is 10.5 Å². The lowest BCUT2D eigenvalue weighted by molar-refractivity contribution is 0.250. The van der Waals surface area contributed by atoms with Crippen LogP contribution in [0.15, 0.2) is 27.7 Å². The van der Waals surface area contributed by atoms with Gasteiger partial charge < -0.3 is 5.73 Å². The van der Waals surface area contributed by atoms with E-state index in [1.54, 1.807) is 4.90 Å². The van der Waals surface area contributed by atoms with Crippen molar-refractivity contribution in [2.75, 3.05) is 18.0 Å². The molecule has 3 N–H and O–H groups in total. The minimum Gasteiger partial charge on any atom is -0.370 e. The molecule has 2 amide bonds. The maximum Gasteiger partial charge on any atom is 0.328 e. The van der Waals surface area contributed by atoms with Gasteiger partial charge in [-0.15, -0.1) is 0 Å². The Morgan fingerprint density at radius 2 is 2.16 bits per heavy atom. The number of nitrogens with one attached hydrogen (secondary N) is 1. The standard InChI is InChI=1S/C13H19BrN4O/c1-4-16-12(15)17-13(19)18(5-2)11-9(3)7-6-8-10(11)14/h6-8H,4-5H2,1-3H3,(H3,15,16,17,19). The molecule has 1 rings (SSSR count). The van der Waals surface area contributed by atoms with Crippen LogP contribution in [0.3, 0.4) is 0 Å². The van der Waals surface area contributed by atoms with Crippen molar-refractivity contribution in [1.29, 1.82) is 0 Å². The maximum absolute atomic E-state index is 12.2. The zero-order valence-corrected chi connectivity index (χ0v) is 13.0. The highest BCUT2D eigenvalue weighted by Gasteiger charge is 2.18. The summed E-state index contributed by atoms with van der Waals surface area (Å²) in [6.45, 7) is 6.79. The fourth-order valence-electron chi connectivity index (χ4n) is 1.76. The number of rotatable bonds is 3. The molecule has 1 aromatic carbocycles. The van der Waals surface area contributed by atoms with E-state index < -0.39 is 0 Å². The smallest absolute Gasteiger partial charge is 0.328 e. The minimum atomic E-state index is -0.285. The van der Waals surface area contributed by atoms with Crippen molar-refractivity contribution in [3.63, 3.8) is 0 Å². The molecule has 0 aromatic heterocycles. The summed E-state index contributed by atoms with van der Waals surface area (Å²) in [4.78, 5) is 17.8. The first-order chi connectivity index (χ1) is 9.01. The van der Waals surface area contributed by atoms with Crippen LogP contribution in [0.5, 0.6) is 0 Å². The number of nitrogens with zero attached hydrogens (tertiary/aromatic N) is 2. The summed E-state index contributed by atoms with van der Waals surface area (Å²) in [5, 5.41) is 2.58. The highest BCUT2D eigenvalue weighted by Crippen LogP contribution is 2.29. The molecule has 0 aliphatic heterocycles. The Morgan fingerprint density at radius 1 is 1.47 bits per heavy atom. The van der Waals surface area contributed by atoms with Gasteiger partial charge in [-0.2, -0.15) is 0 Å². The van der Waals surface area contributed by atoms with Crippen LogP contribution in [0.25, 0.3) is 0 Å². The number of carbonyl (C=O) groups is 1. The molecule has 104 valence electrons. The molecular formula is C13H19BrN4O. The second-order valence-corrected chi connectivity index (χ2v) is 4.79. The third-order valence-electron chi connectivity index (χ3n) is 2.58. The molecule has 1 aromatic rings. The van der Waals surface area contributed by atoms with Gasteiger partial charge in [-0.1, -0.05) is 12.1 Å². The summed E-state index contributed by atoms with van der Waals surface area (Å²) < 4.78 is 0.871. The quantitative estimate of drug-likeness (QED) is 0.662. The first-order valence-corrected chi connectivity index (χ1v) is 6.94. The van der Waals surface area contributed by atoms with E-state index in [9.17, 15) is 4.79 Å². The lowest BCUT2D eigenvalue weighted by Crippen LogP contribution is -2.46. The van der Waals surface area contributed by atoms with E-state index in [4.69, 9.17) is 5.73 Å². The van der Waals surface area contributed by atoms with Crippen LogP contribution < -0.4 is 16.0 Å². The van der Waals surface area contributed by atoms with Crippen molar-refractivity contribution < 1.29 is 4.79 Å². The molecule has 0 radical (unpaired) electrons. The molecule has 0 aliphatic carbocycles. The number of anilines is 1. The Bertz CT molecular complexity index is 467. The van der Waals surface area contributed by atoms with Crippen LogP contribution in [0.2, 0.25) is 0 Å². The summed E-state index contributed by atoms with van der Waals surface area (Å²) in [5.74, 6) is 0.135. The molecule has 0 saturated heterocycles. The number of para-hydroxylation sites is 1. The van der Waals surface area contributed by atoms with E-state index in [-0.39, 0.29) is 12.0 Å². The third-order valence-corrected chi connectivity index (χ3v) is 3.22. The van der Waals surface area contributed by atoms with E-state index >= 15 is 0 Å². The van der Waals surface area contributed by atoms with Gasteiger partial charge >= 0.3 is 6.03 Å². The summed E-state index contributed by atoms with van der Waals surface area (Å²) in [6, 6.07) is 5.51. The normalized spacial score (nSPS) is 11.3.